The average molecular weight is 400 g/mol. The number of amides is 2. The van der Waals surface area contributed by atoms with Crippen molar-refractivity contribution >= 4 is 17.6 Å². The molecule has 0 saturated carbocycles. The van der Waals surface area contributed by atoms with Gasteiger partial charge in [-0.1, -0.05) is 36.4 Å². The molecule has 0 aliphatic rings. The highest BCUT2D eigenvalue weighted by Crippen LogP contribution is 2.13. The maximum atomic E-state index is 12.5. The predicted octanol–water partition coefficient (Wildman–Crippen LogP) is 2.18. The van der Waals surface area contributed by atoms with Gasteiger partial charge in [0.15, 0.2) is 0 Å². The van der Waals surface area contributed by atoms with Crippen LogP contribution in [0.1, 0.15) is 37.7 Å². The van der Waals surface area contributed by atoms with Crippen molar-refractivity contribution in [3.63, 3.8) is 0 Å². The molecule has 0 atom stereocenters. The number of aromatic nitrogens is 1. The van der Waals surface area contributed by atoms with Gasteiger partial charge in [0.1, 0.15) is 18.1 Å². The van der Waals surface area contributed by atoms with E-state index in [0.29, 0.717) is 24.7 Å². The summed E-state index contributed by atoms with van der Waals surface area (Å²) in [5.74, 6) is -0.384. The molecule has 0 aliphatic heterocycles. The van der Waals surface area contributed by atoms with E-state index in [1.165, 1.54) is 0 Å². The summed E-state index contributed by atoms with van der Waals surface area (Å²) in [5, 5.41) is 2.80. The Morgan fingerprint density at radius 3 is 2.55 bits per heavy atom. The van der Waals surface area contributed by atoms with E-state index < -0.39 is 17.4 Å². The van der Waals surface area contributed by atoms with E-state index in [1.54, 1.807) is 51.3 Å². The molecule has 156 valence electrons. The van der Waals surface area contributed by atoms with Gasteiger partial charge in [0.05, 0.1) is 13.0 Å². The van der Waals surface area contributed by atoms with Crippen molar-refractivity contribution in [1.82, 2.24) is 10.3 Å². The van der Waals surface area contributed by atoms with Crippen molar-refractivity contribution in [3.05, 3.63) is 59.8 Å². The Morgan fingerprint density at radius 2 is 1.86 bits per heavy atom. The Balaban J connectivity index is 0.00000450. The summed E-state index contributed by atoms with van der Waals surface area (Å²) in [6, 6.07) is 13.9. The molecular weight excluding hydrogens is 372 g/mol. The van der Waals surface area contributed by atoms with E-state index in [2.05, 4.69) is 15.3 Å². The highest BCUT2D eigenvalue weighted by atomic mass is 16.5. The molecule has 2 rings (SSSR count). The lowest BCUT2D eigenvalue weighted by atomic mass is 10.00. The summed E-state index contributed by atoms with van der Waals surface area (Å²) in [5.41, 5.74) is 5.89. The van der Waals surface area contributed by atoms with Crippen LogP contribution in [0.3, 0.4) is 0 Å². The van der Waals surface area contributed by atoms with E-state index in [9.17, 15) is 9.59 Å². The molecule has 8 nitrogen and oxygen atoms in total. The molecule has 0 spiro atoms. The maximum Gasteiger partial charge on any atom is 0.270 e. The minimum atomic E-state index is -0.844. The largest absolute Gasteiger partial charge is 0.475 e. The van der Waals surface area contributed by atoms with Gasteiger partial charge < -0.3 is 20.5 Å². The molecule has 0 bridgehead atoms. The second-order valence-corrected chi connectivity index (χ2v) is 6.97. The number of aliphatic imine (C=N–C) groups is 1. The third-order valence-electron chi connectivity index (χ3n) is 3.85. The number of amidine groups is 1. The molecule has 29 heavy (non-hydrogen) atoms. The summed E-state index contributed by atoms with van der Waals surface area (Å²) in [4.78, 5) is 32.9. The standard InChI is InChI=1S/C21H26N4O4.H2/c1-21(2,14-17(26)24-19(22)15-8-5-4-6-9-15)25-20(27)16-10-7-11-18(23-16)29-13-12-28-3;/h4-11H,12-14H2,1-3H3,(H,25,27)(H2,22,24,26);1H. The van der Waals surface area contributed by atoms with E-state index in [-0.39, 0.29) is 19.4 Å². The normalized spacial score (nSPS) is 11.8. The second-order valence-electron chi connectivity index (χ2n) is 6.97. The van der Waals surface area contributed by atoms with Crippen molar-refractivity contribution in [1.29, 1.82) is 0 Å². The van der Waals surface area contributed by atoms with Gasteiger partial charge in [0, 0.05) is 25.7 Å². The molecular formula is C21H28N4O4. The first-order valence-corrected chi connectivity index (χ1v) is 9.14. The molecule has 2 amide bonds. The second kappa shape index (κ2) is 10.3. The van der Waals surface area contributed by atoms with Crippen LogP contribution in [0.2, 0.25) is 0 Å². The van der Waals surface area contributed by atoms with Crippen molar-refractivity contribution in [2.45, 2.75) is 25.8 Å². The first-order chi connectivity index (χ1) is 13.8. The molecule has 8 heteroatoms. The third-order valence-corrected chi connectivity index (χ3v) is 3.85. The molecule has 0 aliphatic carbocycles. The van der Waals surface area contributed by atoms with Crippen LogP contribution in [0.25, 0.3) is 0 Å². The zero-order chi connectivity index (χ0) is 21.3. The Labute approximate surface area is 171 Å². The van der Waals surface area contributed by atoms with E-state index in [0.717, 1.165) is 0 Å². The maximum absolute atomic E-state index is 12.5. The number of carbonyl (C=O) groups is 2. The number of nitrogens with zero attached hydrogens (tertiary/aromatic N) is 2. The number of benzene rings is 1. The number of hydrogen-bond acceptors (Lipinski definition) is 5. The molecule has 0 radical (unpaired) electrons. The van der Waals surface area contributed by atoms with Gasteiger partial charge >= 0.3 is 0 Å². The third kappa shape index (κ3) is 7.34. The Morgan fingerprint density at radius 1 is 1.14 bits per heavy atom. The van der Waals surface area contributed by atoms with Gasteiger partial charge in [0.2, 0.25) is 11.8 Å². The Bertz CT molecular complexity index is 872. The molecule has 0 fully saturated rings. The molecule has 0 saturated heterocycles. The molecule has 1 heterocycles. The van der Waals surface area contributed by atoms with Gasteiger partial charge in [-0.2, -0.15) is 4.99 Å². The number of hydrogen-bond donors (Lipinski definition) is 2. The SMILES string of the molecule is COCCOc1cccc(C(=O)NC(C)(C)CC(=O)N=C(N)c2ccccc2)n1.[HH]. The quantitative estimate of drug-likeness (QED) is 0.379. The van der Waals surface area contributed by atoms with E-state index in [1.807, 2.05) is 18.2 Å². The van der Waals surface area contributed by atoms with E-state index >= 15 is 0 Å². The first-order valence-electron chi connectivity index (χ1n) is 9.14. The minimum absolute atomic E-state index is 0. The number of rotatable bonds is 9. The van der Waals surface area contributed by atoms with Gasteiger partial charge in [-0.15, -0.1) is 0 Å². The number of carbonyl (C=O) groups excluding carboxylic acids is 2. The fourth-order valence-electron chi connectivity index (χ4n) is 2.49. The molecule has 1 aromatic heterocycles. The number of methoxy groups -OCH3 is 1. The number of nitrogens with two attached hydrogens (primary N) is 1. The molecule has 2 aromatic rings. The lowest BCUT2D eigenvalue weighted by Gasteiger charge is -2.24. The van der Waals surface area contributed by atoms with Crippen LogP contribution in [0.15, 0.2) is 53.5 Å². The van der Waals surface area contributed by atoms with Crippen LogP contribution in [0, 0.1) is 0 Å². The fourth-order valence-corrected chi connectivity index (χ4v) is 2.49. The average Bonchev–Trinajstić information content (AvgIpc) is 2.68. The van der Waals surface area contributed by atoms with E-state index in [4.69, 9.17) is 15.2 Å². The summed E-state index contributed by atoms with van der Waals surface area (Å²) >= 11 is 0. The monoisotopic (exact) mass is 400 g/mol. The number of pyridine rings is 1. The molecule has 1 aromatic carbocycles. The topological polar surface area (TPSA) is 116 Å². The zero-order valence-corrected chi connectivity index (χ0v) is 16.8. The lowest BCUT2D eigenvalue weighted by molar-refractivity contribution is -0.118. The van der Waals surface area contributed by atoms with Gasteiger partial charge in [-0.3, -0.25) is 9.59 Å². The van der Waals surface area contributed by atoms with Crippen molar-refractivity contribution < 1.29 is 20.5 Å². The van der Waals surface area contributed by atoms with Crippen molar-refractivity contribution in [3.8, 4) is 5.88 Å². The highest BCUT2D eigenvalue weighted by molar-refractivity contribution is 6.04. The van der Waals surface area contributed by atoms with Gasteiger partial charge in [-0.05, 0) is 19.9 Å². The number of nitrogens with one attached hydrogen (secondary N) is 1. The summed E-state index contributed by atoms with van der Waals surface area (Å²) < 4.78 is 10.3. The van der Waals surface area contributed by atoms with Crippen molar-refractivity contribution in [2.75, 3.05) is 20.3 Å². The zero-order valence-electron chi connectivity index (χ0n) is 16.8. The smallest absolute Gasteiger partial charge is 0.270 e. The van der Waals surface area contributed by atoms with Crippen LogP contribution in [-0.4, -0.2) is 48.5 Å². The molecule has 0 unspecified atom stereocenters. The fraction of sp³-hybridized carbons (Fsp3) is 0.333. The van der Waals surface area contributed by atoms with Crippen molar-refractivity contribution in [2.24, 2.45) is 10.7 Å². The van der Waals surface area contributed by atoms with Crippen LogP contribution in [0.4, 0.5) is 0 Å². The van der Waals surface area contributed by atoms with Gasteiger partial charge in [-0.25, -0.2) is 4.98 Å². The first kappa shape index (κ1) is 22.0. The van der Waals surface area contributed by atoms with Crippen LogP contribution in [0.5, 0.6) is 5.88 Å². The summed E-state index contributed by atoms with van der Waals surface area (Å²) in [6.45, 7) is 4.21. The number of ether oxygens (including phenoxy) is 2. The van der Waals surface area contributed by atoms with Gasteiger partial charge in [0.25, 0.3) is 5.91 Å². The minimum Gasteiger partial charge on any atom is -0.475 e. The Kier molecular flexibility index (Phi) is 7.85. The molecule has 3 N–H and O–H groups in total. The van der Waals surface area contributed by atoms with Crippen LogP contribution >= 0.6 is 0 Å². The lowest BCUT2D eigenvalue weighted by Crippen LogP contribution is -2.45. The summed E-state index contributed by atoms with van der Waals surface area (Å²) in [6.07, 6.45) is -0.0176. The predicted molar refractivity (Wildman–Crippen MR) is 112 cm³/mol. The van der Waals surface area contributed by atoms with Crippen LogP contribution in [-0.2, 0) is 9.53 Å². The summed E-state index contributed by atoms with van der Waals surface area (Å²) in [7, 11) is 1.57. The Hall–Kier alpha value is -3.26. The highest BCUT2D eigenvalue weighted by Gasteiger charge is 2.25. The van der Waals surface area contributed by atoms with Crippen LogP contribution < -0.4 is 15.8 Å².